The number of benzene rings is 2. The van der Waals surface area contributed by atoms with Crippen molar-refractivity contribution in [2.45, 2.75) is 30.6 Å². The van der Waals surface area contributed by atoms with Crippen LogP contribution in [-0.4, -0.2) is 38.7 Å². The smallest absolute Gasteiger partial charge is 0.315 e. The van der Waals surface area contributed by atoms with Crippen molar-refractivity contribution in [2.75, 3.05) is 12.3 Å². The Kier molecular flexibility index (Phi) is 6.14. The first-order valence-electron chi connectivity index (χ1n) is 9.97. The number of carbonyl (C=O) groups is 1. The fourth-order valence-electron chi connectivity index (χ4n) is 4.20. The molecule has 1 aliphatic rings. The van der Waals surface area contributed by atoms with Gasteiger partial charge in [-0.15, -0.1) is 10.2 Å². The minimum absolute atomic E-state index is 0.0604. The average molecular weight is 462 g/mol. The third kappa shape index (κ3) is 3.94. The summed E-state index contributed by atoms with van der Waals surface area (Å²) in [5.41, 5.74) is 6.31. The summed E-state index contributed by atoms with van der Waals surface area (Å²) >= 11 is 1.70. The van der Waals surface area contributed by atoms with Gasteiger partial charge >= 0.3 is 12.5 Å². The van der Waals surface area contributed by atoms with Crippen LogP contribution in [0.4, 0.5) is 18.0 Å². The predicted molar refractivity (Wildman–Crippen MR) is 115 cm³/mol. The summed E-state index contributed by atoms with van der Waals surface area (Å²) in [6.07, 6.45) is -2.72. The summed E-state index contributed by atoms with van der Waals surface area (Å²) in [5, 5.41) is 6.78. The number of nitrogens with zero attached hydrogens (tertiary/aromatic N) is 3. The first kappa shape index (κ1) is 22.2. The highest BCUT2D eigenvalue weighted by molar-refractivity contribution is 8.00. The molecule has 10 heteroatoms. The molecule has 6 nitrogen and oxygen atoms in total. The number of nitrogens with two attached hydrogens (primary N) is 1. The Labute approximate surface area is 187 Å². The Balaban J connectivity index is 1.75. The van der Waals surface area contributed by atoms with Crippen LogP contribution in [0.5, 0.6) is 0 Å². The lowest BCUT2D eigenvalue weighted by Crippen LogP contribution is -2.61. The van der Waals surface area contributed by atoms with Crippen molar-refractivity contribution >= 4 is 17.8 Å². The fourth-order valence-corrected chi connectivity index (χ4v) is 5.46. The second-order valence-corrected chi connectivity index (χ2v) is 8.97. The normalized spacial score (nSPS) is 21.2. The van der Waals surface area contributed by atoms with Crippen LogP contribution in [0.25, 0.3) is 11.5 Å². The summed E-state index contributed by atoms with van der Waals surface area (Å²) in [4.78, 5) is 14.0. The molecule has 1 aromatic heterocycles. The minimum atomic E-state index is -2.91. The number of halogens is 3. The van der Waals surface area contributed by atoms with Gasteiger partial charge in [-0.25, -0.2) is 9.18 Å². The molecule has 2 N–H and O–H groups in total. The summed E-state index contributed by atoms with van der Waals surface area (Å²) in [6, 6.07) is 13.1. The minimum Gasteiger partial charge on any atom is -0.415 e. The van der Waals surface area contributed by atoms with Crippen LogP contribution >= 0.6 is 11.8 Å². The number of rotatable bonds is 5. The number of carbonyl (C=O) groups excluding carboxylic acids is 1. The van der Waals surface area contributed by atoms with Crippen LogP contribution in [-0.2, 0) is 12.0 Å². The Hall–Kier alpha value is -3.01. The zero-order chi connectivity index (χ0) is 22.9. The van der Waals surface area contributed by atoms with E-state index in [2.05, 4.69) is 10.2 Å². The van der Waals surface area contributed by atoms with E-state index in [1.165, 1.54) is 12.1 Å². The van der Waals surface area contributed by atoms with Crippen LogP contribution in [0.2, 0.25) is 0 Å². The number of urea groups is 1. The van der Waals surface area contributed by atoms with Crippen molar-refractivity contribution in [1.82, 2.24) is 15.1 Å². The SMILES string of the molecule is CC1SCCN(C(N)=O)C1(Cc1ccc(-c2nnc(C(F)F)o2)cc1F)c1ccccc1. The topological polar surface area (TPSA) is 85.2 Å². The second kappa shape index (κ2) is 8.85. The van der Waals surface area contributed by atoms with E-state index >= 15 is 4.39 Å². The van der Waals surface area contributed by atoms with Gasteiger partial charge in [0.2, 0.25) is 5.89 Å². The molecule has 0 saturated carbocycles. The summed E-state index contributed by atoms with van der Waals surface area (Å²) in [5.74, 6) is -0.854. The maximum absolute atomic E-state index is 15.2. The van der Waals surface area contributed by atoms with Crippen LogP contribution in [0.15, 0.2) is 52.9 Å². The molecule has 2 aromatic carbocycles. The lowest BCUT2D eigenvalue weighted by molar-refractivity contribution is 0.115. The van der Waals surface area contributed by atoms with Gasteiger partial charge in [-0.3, -0.25) is 0 Å². The highest BCUT2D eigenvalue weighted by atomic mass is 32.2. The number of amides is 2. The molecular formula is C22H21F3N4O2S. The molecule has 0 bridgehead atoms. The Morgan fingerprint density at radius 3 is 2.66 bits per heavy atom. The molecule has 1 aliphatic heterocycles. The molecule has 2 unspecified atom stereocenters. The molecule has 2 atom stereocenters. The molecule has 168 valence electrons. The zero-order valence-electron chi connectivity index (χ0n) is 17.2. The van der Waals surface area contributed by atoms with Crippen molar-refractivity contribution in [1.29, 1.82) is 0 Å². The number of aromatic nitrogens is 2. The molecule has 32 heavy (non-hydrogen) atoms. The molecule has 2 amide bonds. The standard InChI is InChI=1S/C22H21F3N4O2S/c1-13-22(16-5-3-2-4-6-16,29(21(26)30)9-10-32-13)12-15-8-7-14(11-17(15)23)19-27-28-20(31-19)18(24)25/h2-8,11,13,18H,9-10,12H2,1H3,(H2,26,30). The number of hydrogen-bond donors (Lipinski definition) is 1. The van der Waals surface area contributed by atoms with Gasteiger partial charge in [0.1, 0.15) is 5.82 Å². The zero-order valence-corrected chi connectivity index (χ0v) is 18.0. The van der Waals surface area contributed by atoms with E-state index < -0.39 is 29.7 Å². The molecule has 1 fully saturated rings. The van der Waals surface area contributed by atoms with Crippen molar-refractivity contribution in [3.8, 4) is 11.5 Å². The molecule has 0 spiro atoms. The third-order valence-electron chi connectivity index (χ3n) is 5.76. The molecule has 2 heterocycles. The molecule has 0 aliphatic carbocycles. The lowest BCUT2D eigenvalue weighted by atomic mass is 9.79. The Bertz CT molecular complexity index is 1110. The molecular weight excluding hydrogens is 441 g/mol. The summed E-state index contributed by atoms with van der Waals surface area (Å²) < 4.78 is 45.6. The monoisotopic (exact) mass is 462 g/mol. The lowest BCUT2D eigenvalue weighted by Gasteiger charge is -2.50. The van der Waals surface area contributed by atoms with Gasteiger partial charge in [0.15, 0.2) is 0 Å². The maximum Gasteiger partial charge on any atom is 0.315 e. The second-order valence-electron chi connectivity index (χ2n) is 7.52. The van der Waals surface area contributed by atoms with Gasteiger partial charge in [0, 0.05) is 29.5 Å². The quantitative estimate of drug-likeness (QED) is 0.591. The van der Waals surface area contributed by atoms with E-state index in [1.54, 1.807) is 22.7 Å². The van der Waals surface area contributed by atoms with Crippen LogP contribution in [0.1, 0.15) is 30.4 Å². The highest BCUT2D eigenvalue weighted by Crippen LogP contribution is 2.44. The molecule has 4 rings (SSSR count). The van der Waals surface area contributed by atoms with Gasteiger partial charge in [-0.1, -0.05) is 43.3 Å². The van der Waals surface area contributed by atoms with Crippen molar-refractivity contribution in [3.05, 3.63) is 71.4 Å². The number of alkyl halides is 2. The van der Waals surface area contributed by atoms with Crippen molar-refractivity contribution in [2.24, 2.45) is 5.73 Å². The molecule has 0 radical (unpaired) electrons. The molecule has 3 aromatic rings. The van der Waals surface area contributed by atoms with Crippen LogP contribution in [0, 0.1) is 5.82 Å². The predicted octanol–water partition coefficient (Wildman–Crippen LogP) is 4.77. The van der Waals surface area contributed by atoms with Gasteiger partial charge in [-0.2, -0.15) is 20.5 Å². The molecule has 1 saturated heterocycles. The van der Waals surface area contributed by atoms with E-state index in [0.29, 0.717) is 12.1 Å². The largest absolute Gasteiger partial charge is 0.415 e. The first-order valence-corrected chi connectivity index (χ1v) is 11.0. The van der Waals surface area contributed by atoms with Crippen molar-refractivity contribution < 1.29 is 22.4 Å². The van der Waals surface area contributed by atoms with E-state index in [0.717, 1.165) is 11.3 Å². The van der Waals surface area contributed by atoms with E-state index in [-0.39, 0.29) is 23.1 Å². The summed E-state index contributed by atoms with van der Waals surface area (Å²) in [7, 11) is 0. The van der Waals surface area contributed by atoms with Crippen molar-refractivity contribution in [3.63, 3.8) is 0 Å². The van der Waals surface area contributed by atoms with E-state index in [4.69, 9.17) is 10.2 Å². The summed E-state index contributed by atoms with van der Waals surface area (Å²) in [6.45, 7) is 2.45. The Morgan fingerprint density at radius 2 is 2.03 bits per heavy atom. The number of hydrogen-bond acceptors (Lipinski definition) is 5. The van der Waals surface area contributed by atoms with Crippen LogP contribution in [0.3, 0.4) is 0 Å². The maximum atomic E-state index is 15.2. The van der Waals surface area contributed by atoms with Gasteiger partial charge < -0.3 is 15.1 Å². The number of thioether (sulfide) groups is 1. The average Bonchev–Trinajstić information content (AvgIpc) is 3.27. The fraction of sp³-hybridized carbons (Fsp3) is 0.318. The van der Waals surface area contributed by atoms with Crippen LogP contribution < -0.4 is 5.73 Å². The van der Waals surface area contributed by atoms with E-state index in [9.17, 15) is 13.6 Å². The third-order valence-corrected chi connectivity index (χ3v) is 7.07. The van der Waals surface area contributed by atoms with Gasteiger partial charge in [-0.05, 0) is 23.3 Å². The highest BCUT2D eigenvalue weighted by Gasteiger charge is 2.48. The Morgan fingerprint density at radius 1 is 1.28 bits per heavy atom. The van der Waals surface area contributed by atoms with Gasteiger partial charge in [0.25, 0.3) is 5.89 Å². The number of primary amides is 1. The van der Waals surface area contributed by atoms with E-state index in [1.807, 2.05) is 37.3 Å². The van der Waals surface area contributed by atoms with Gasteiger partial charge in [0.05, 0.1) is 5.54 Å². The first-order chi connectivity index (χ1) is 15.3.